The average molecular weight is 275 g/mol. The van der Waals surface area contributed by atoms with Crippen LogP contribution in [-0.2, 0) is 5.75 Å². The van der Waals surface area contributed by atoms with Crippen molar-refractivity contribution in [2.75, 3.05) is 25.1 Å². The summed E-state index contributed by atoms with van der Waals surface area (Å²) < 4.78 is 0. The maximum atomic E-state index is 8.92. The number of thioether (sulfide) groups is 1. The molecule has 5 heteroatoms. The number of aromatic nitrogens is 2. The van der Waals surface area contributed by atoms with Crippen molar-refractivity contribution in [1.29, 1.82) is 0 Å². The van der Waals surface area contributed by atoms with E-state index in [-0.39, 0.29) is 6.61 Å². The number of aliphatic hydroxyl groups is 1. The molecular weight excluding hydrogens is 258 g/mol. The maximum Gasteiger partial charge on any atom is 0.148 e. The van der Waals surface area contributed by atoms with Gasteiger partial charge in [-0.1, -0.05) is 30.3 Å². The van der Waals surface area contributed by atoms with Crippen molar-refractivity contribution in [3.8, 4) is 0 Å². The van der Waals surface area contributed by atoms with Crippen molar-refractivity contribution in [3.05, 3.63) is 48.3 Å². The first kappa shape index (κ1) is 13.8. The molecule has 19 heavy (non-hydrogen) atoms. The van der Waals surface area contributed by atoms with E-state index < -0.39 is 0 Å². The molecule has 0 atom stereocenters. The topological polar surface area (TPSA) is 49.2 Å². The van der Waals surface area contributed by atoms with E-state index in [4.69, 9.17) is 5.11 Å². The molecule has 0 spiro atoms. The van der Waals surface area contributed by atoms with E-state index in [2.05, 4.69) is 22.1 Å². The van der Waals surface area contributed by atoms with Gasteiger partial charge < -0.3 is 10.0 Å². The highest BCUT2D eigenvalue weighted by Crippen LogP contribution is 2.21. The van der Waals surface area contributed by atoms with Gasteiger partial charge in [0.1, 0.15) is 10.8 Å². The number of rotatable bonds is 6. The number of likely N-dealkylation sites (N-methyl/N-ethyl adjacent to an activating group) is 1. The summed E-state index contributed by atoms with van der Waals surface area (Å²) in [5.74, 6) is 1.66. The molecule has 0 bridgehead atoms. The molecule has 0 unspecified atom stereocenters. The molecule has 0 saturated carbocycles. The zero-order valence-electron chi connectivity index (χ0n) is 10.9. The number of benzene rings is 1. The highest BCUT2D eigenvalue weighted by atomic mass is 32.2. The predicted octanol–water partition coefficient (Wildman–Crippen LogP) is 2.20. The van der Waals surface area contributed by atoms with Gasteiger partial charge in [-0.25, -0.2) is 4.98 Å². The van der Waals surface area contributed by atoms with Gasteiger partial charge in [-0.3, -0.25) is 4.98 Å². The highest BCUT2D eigenvalue weighted by molar-refractivity contribution is 7.98. The second-order valence-electron chi connectivity index (χ2n) is 4.13. The van der Waals surface area contributed by atoms with Gasteiger partial charge in [0, 0.05) is 19.3 Å². The van der Waals surface area contributed by atoms with Crippen molar-refractivity contribution in [1.82, 2.24) is 9.97 Å². The van der Waals surface area contributed by atoms with Crippen LogP contribution < -0.4 is 4.90 Å². The van der Waals surface area contributed by atoms with Gasteiger partial charge in [-0.15, -0.1) is 11.8 Å². The first-order valence-electron chi connectivity index (χ1n) is 6.10. The Balaban J connectivity index is 1.99. The Morgan fingerprint density at radius 3 is 2.74 bits per heavy atom. The van der Waals surface area contributed by atoms with Crippen LogP contribution in [0.15, 0.2) is 47.8 Å². The first-order chi connectivity index (χ1) is 9.29. The predicted molar refractivity (Wildman–Crippen MR) is 78.4 cm³/mol. The van der Waals surface area contributed by atoms with Crippen molar-refractivity contribution < 1.29 is 5.11 Å². The number of hydrogen-bond acceptors (Lipinski definition) is 5. The fraction of sp³-hybridized carbons (Fsp3) is 0.286. The summed E-state index contributed by atoms with van der Waals surface area (Å²) in [6, 6.07) is 10.3. The lowest BCUT2D eigenvalue weighted by molar-refractivity contribution is 0.303. The number of aliphatic hydroxyl groups excluding tert-OH is 1. The Morgan fingerprint density at radius 1 is 1.21 bits per heavy atom. The molecular formula is C14H17N3OS. The molecule has 1 heterocycles. The van der Waals surface area contributed by atoms with Crippen LogP contribution in [0.25, 0.3) is 0 Å². The fourth-order valence-electron chi connectivity index (χ4n) is 1.59. The molecule has 100 valence electrons. The molecule has 0 aliphatic heterocycles. The summed E-state index contributed by atoms with van der Waals surface area (Å²) in [6.07, 6.45) is 3.48. The van der Waals surface area contributed by atoms with Crippen LogP contribution in [0.5, 0.6) is 0 Å². The number of nitrogens with zero attached hydrogens (tertiary/aromatic N) is 3. The lowest BCUT2D eigenvalue weighted by Gasteiger charge is -2.16. The van der Waals surface area contributed by atoms with Gasteiger partial charge in [-0.2, -0.15) is 0 Å². The minimum atomic E-state index is 0.111. The van der Waals surface area contributed by atoms with Gasteiger partial charge in [-0.05, 0) is 5.56 Å². The average Bonchev–Trinajstić information content (AvgIpc) is 2.47. The molecule has 1 N–H and O–H groups in total. The smallest absolute Gasteiger partial charge is 0.148 e. The van der Waals surface area contributed by atoms with E-state index in [9.17, 15) is 0 Å². The lowest BCUT2D eigenvalue weighted by atomic mass is 10.2. The molecule has 1 aromatic heterocycles. The SMILES string of the molecule is CN(CCO)c1cncc(SCc2ccccc2)n1. The van der Waals surface area contributed by atoms with Crippen LogP contribution in [0.2, 0.25) is 0 Å². The van der Waals surface area contributed by atoms with Crippen LogP contribution >= 0.6 is 11.8 Å². The minimum Gasteiger partial charge on any atom is -0.395 e. The second kappa shape index (κ2) is 7.11. The van der Waals surface area contributed by atoms with Crippen molar-refractivity contribution in [2.24, 2.45) is 0 Å². The molecule has 0 radical (unpaired) electrons. The molecule has 0 aliphatic carbocycles. The summed E-state index contributed by atoms with van der Waals surface area (Å²) in [7, 11) is 1.89. The summed E-state index contributed by atoms with van der Waals surface area (Å²) >= 11 is 1.66. The standard InChI is InChI=1S/C14H17N3OS/c1-17(7-8-18)13-9-15-10-14(16-13)19-11-12-5-3-2-4-6-12/h2-6,9-10,18H,7-8,11H2,1H3. The summed E-state index contributed by atoms with van der Waals surface area (Å²) in [6.45, 7) is 0.668. The fourth-order valence-corrected chi connectivity index (χ4v) is 2.39. The molecule has 0 aliphatic rings. The van der Waals surface area contributed by atoms with E-state index in [1.807, 2.05) is 30.1 Å². The van der Waals surface area contributed by atoms with Gasteiger partial charge in [0.15, 0.2) is 0 Å². The van der Waals surface area contributed by atoms with Gasteiger partial charge in [0.05, 0.1) is 19.0 Å². The van der Waals surface area contributed by atoms with Crippen molar-refractivity contribution in [3.63, 3.8) is 0 Å². The zero-order valence-corrected chi connectivity index (χ0v) is 11.7. The van der Waals surface area contributed by atoms with Crippen molar-refractivity contribution >= 4 is 17.6 Å². The van der Waals surface area contributed by atoms with Crippen LogP contribution in [0.4, 0.5) is 5.82 Å². The molecule has 4 nitrogen and oxygen atoms in total. The largest absolute Gasteiger partial charge is 0.395 e. The molecule has 0 amide bonds. The Labute approximate surface area is 117 Å². The van der Waals surface area contributed by atoms with Crippen LogP contribution in [0, 0.1) is 0 Å². The Hall–Kier alpha value is -1.59. The van der Waals surface area contributed by atoms with Crippen molar-refractivity contribution in [2.45, 2.75) is 10.8 Å². The van der Waals surface area contributed by atoms with E-state index in [1.165, 1.54) is 5.56 Å². The Bertz CT molecular complexity index is 507. The monoisotopic (exact) mass is 275 g/mol. The first-order valence-corrected chi connectivity index (χ1v) is 7.09. The number of hydrogen-bond donors (Lipinski definition) is 1. The minimum absolute atomic E-state index is 0.111. The second-order valence-corrected chi connectivity index (χ2v) is 5.13. The maximum absolute atomic E-state index is 8.92. The van der Waals surface area contributed by atoms with Crippen LogP contribution in [-0.4, -0.2) is 35.3 Å². The summed E-state index contributed by atoms with van der Waals surface area (Å²) in [5.41, 5.74) is 1.27. The summed E-state index contributed by atoms with van der Waals surface area (Å²) in [4.78, 5) is 10.6. The third kappa shape index (κ3) is 4.22. The van der Waals surface area contributed by atoms with Gasteiger partial charge in [0.25, 0.3) is 0 Å². The van der Waals surface area contributed by atoms with E-state index >= 15 is 0 Å². The zero-order chi connectivity index (χ0) is 13.5. The number of anilines is 1. The van der Waals surface area contributed by atoms with Gasteiger partial charge >= 0.3 is 0 Å². The molecule has 2 rings (SSSR count). The molecule has 0 saturated heterocycles. The third-order valence-corrected chi connectivity index (χ3v) is 3.63. The lowest BCUT2D eigenvalue weighted by Crippen LogP contribution is -2.22. The molecule has 2 aromatic rings. The Morgan fingerprint density at radius 2 is 2.00 bits per heavy atom. The molecule has 1 aromatic carbocycles. The van der Waals surface area contributed by atoms with E-state index in [0.29, 0.717) is 6.54 Å². The third-order valence-electron chi connectivity index (χ3n) is 2.66. The van der Waals surface area contributed by atoms with Crippen LogP contribution in [0.3, 0.4) is 0 Å². The Kier molecular flexibility index (Phi) is 5.18. The van der Waals surface area contributed by atoms with E-state index in [1.54, 1.807) is 24.2 Å². The normalized spacial score (nSPS) is 10.4. The van der Waals surface area contributed by atoms with Gasteiger partial charge in [0.2, 0.25) is 0 Å². The highest BCUT2D eigenvalue weighted by Gasteiger charge is 2.04. The van der Waals surface area contributed by atoms with Crippen LogP contribution in [0.1, 0.15) is 5.56 Å². The quantitative estimate of drug-likeness (QED) is 0.819. The summed E-state index contributed by atoms with van der Waals surface area (Å²) in [5, 5.41) is 9.82. The molecule has 0 fully saturated rings. The van der Waals surface area contributed by atoms with E-state index in [0.717, 1.165) is 16.6 Å².